The van der Waals surface area contributed by atoms with Gasteiger partial charge in [0.15, 0.2) is 0 Å². The largest absolute Gasteiger partial charge is 0.491 e. The smallest absolute Gasteiger partial charge is 0.243 e. The van der Waals surface area contributed by atoms with Crippen LogP contribution in [-0.4, -0.2) is 83.9 Å². The van der Waals surface area contributed by atoms with Crippen molar-refractivity contribution in [3.8, 4) is 5.75 Å². The first-order chi connectivity index (χ1) is 19.1. The number of hydrogen-bond donors (Lipinski definition) is 3. The van der Waals surface area contributed by atoms with Crippen molar-refractivity contribution >= 4 is 20.0 Å². The molecular weight excluding hydrogens is 554 g/mol. The van der Waals surface area contributed by atoms with Gasteiger partial charge < -0.3 is 19.9 Å². The first-order valence-corrected chi connectivity index (χ1v) is 16.9. The van der Waals surface area contributed by atoms with Crippen molar-refractivity contribution in [2.24, 2.45) is 0 Å². The van der Waals surface area contributed by atoms with Crippen molar-refractivity contribution in [2.45, 2.75) is 72.5 Å². The van der Waals surface area contributed by atoms with Crippen molar-refractivity contribution in [1.29, 1.82) is 0 Å². The van der Waals surface area contributed by atoms with Crippen molar-refractivity contribution in [2.75, 3.05) is 39.9 Å². The summed E-state index contributed by atoms with van der Waals surface area (Å²) in [6, 6.07) is 11.8. The van der Waals surface area contributed by atoms with Crippen LogP contribution in [0, 0.1) is 0 Å². The Morgan fingerprint density at radius 3 is 2.55 bits per heavy atom. The summed E-state index contributed by atoms with van der Waals surface area (Å²) in [6.07, 6.45) is 5.45. The van der Waals surface area contributed by atoms with E-state index in [0.29, 0.717) is 43.2 Å². The Morgan fingerprint density at radius 2 is 1.80 bits per heavy atom. The van der Waals surface area contributed by atoms with E-state index >= 15 is 0 Å². The number of aliphatic hydroxyl groups is 1. The van der Waals surface area contributed by atoms with Gasteiger partial charge in [0.1, 0.15) is 18.5 Å². The van der Waals surface area contributed by atoms with Crippen LogP contribution in [0.3, 0.4) is 0 Å². The molecule has 2 aliphatic heterocycles. The third kappa shape index (κ3) is 6.53. The van der Waals surface area contributed by atoms with Gasteiger partial charge in [0.25, 0.3) is 0 Å². The number of hydrogen-bond acceptors (Lipinski definition) is 8. The van der Waals surface area contributed by atoms with Crippen molar-refractivity contribution in [3.63, 3.8) is 0 Å². The molecule has 1 spiro atoms. The Morgan fingerprint density at radius 1 is 1.05 bits per heavy atom. The molecule has 2 unspecified atom stereocenters. The number of benzene rings is 2. The highest BCUT2D eigenvalue weighted by molar-refractivity contribution is 7.89. The molecule has 2 heterocycles. The second kappa shape index (κ2) is 12.0. The van der Waals surface area contributed by atoms with Crippen LogP contribution < -0.4 is 14.8 Å². The van der Waals surface area contributed by atoms with Gasteiger partial charge in [0.05, 0.1) is 22.0 Å². The molecule has 1 aliphatic carbocycles. The van der Waals surface area contributed by atoms with E-state index in [0.717, 1.165) is 37.7 Å². The maximum absolute atomic E-state index is 13.4. The Kier molecular flexibility index (Phi) is 8.86. The van der Waals surface area contributed by atoms with E-state index in [2.05, 4.69) is 10.0 Å². The number of aryl methyl sites for hydroxylation is 2. The third-order valence-corrected chi connectivity index (χ3v) is 11.6. The van der Waals surface area contributed by atoms with E-state index in [1.54, 1.807) is 22.5 Å². The van der Waals surface area contributed by atoms with E-state index in [4.69, 9.17) is 9.47 Å². The predicted octanol–water partition coefficient (Wildman–Crippen LogP) is 1.82. The van der Waals surface area contributed by atoms with Crippen LogP contribution >= 0.6 is 0 Å². The first-order valence-electron chi connectivity index (χ1n) is 13.9. The Labute approximate surface area is 237 Å². The molecule has 40 heavy (non-hydrogen) atoms. The fourth-order valence-corrected chi connectivity index (χ4v) is 8.14. The summed E-state index contributed by atoms with van der Waals surface area (Å²) in [5.74, 6) is 0.357. The number of rotatable bonds is 10. The summed E-state index contributed by atoms with van der Waals surface area (Å²) >= 11 is 0. The van der Waals surface area contributed by atoms with Crippen molar-refractivity contribution < 1.29 is 31.4 Å². The lowest BCUT2D eigenvalue weighted by atomic mass is 9.88. The second-order valence-electron chi connectivity index (χ2n) is 11.0. The van der Waals surface area contributed by atoms with Gasteiger partial charge in [-0.2, -0.15) is 4.31 Å². The molecule has 2 fully saturated rings. The average Bonchev–Trinajstić information content (AvgIpc) is 3.37. The molecule has 3 N–H and O–H groups in total. The zero-order valence-electron chi connectivity index (χ0n) is 22.8. The maximum atomic E-state index is 13.4. The van der Waals surface area contributed by atoms with Gasteiger partial charge in [-0.05, 0) is 87.4 Å². The van der Waals surface area contributed by atoms with E-state index in [-0.39, 0.29) is 29.7 Å². The van der Waals surface area contributed by atoms with Gasteiger partial charge in [-0.15, -0.1) is 0 Å². The molecular formula is C28H39N3O7S2. The molecule has 2 aromatic rings. The highest BCUT2D eigenvalue weighted by atomic mass is 32.2. The molecule has 2 saturated heterocycles. The van der Waals surface area contributed by atoms with Crippen molar-refractivity contribution in [1.82, 2.24) is 14.3 Å². The lowest BCUT2D eigenvalue weighted by Crippen LogP contribution is -2.47. The fraction of sp³-hybridized carbons (Fsp3) is 0.571. The van der Waals surface area contributed by atoms with Gasteiger partial charge in [0.2, 0.25) is 20.0 Å². The van der Waals surface area contributed by atoms with E-state index in [1.807, 2.05) is 12.1 Å². The average molecular weight is 594 g/mol. The van der Waals surface area contributed by atoms with Gasteiger partial charge in [-0.3, -0.25) is 0 Å². The van der Waals surface area contributed by atoms with Gasteiger partial charge in [-0.1, -0.05) is 12.1 Å². The zero-order chi connectivity index (χ0) is 28.4. The monoisotopic (exact) mass is 593 g/mol. The van der Waals surface area contributed by atoms with E-state index < -0.39 is 26.2 Å². The minimum atomic E-state index is -3.58. The standard InChI is InChI=1S/C28H39N3O7S2/c1-29-39(33,34)26-8-4-7-25(16-26)37-20-24(32)18-30-23-17-28(38-19-23)11-13-31(14-12-28)40(35,36)27-10-9-21-5-2-3-6-22(21)15-27/h4,7-10,15-16,23-24,29-30,32H,2-3,5-6,11-14,17-20H2,1H3. The molecule has 12 heteroatoms. The molecule has 10 nitrogen and oxygen atoms in total. The van der Waals surface area contributed by atoms with Gasteiger partial charge >= 0.3 is 0 Å². The summed E-state index contributed by atoms with van der Waals surface area (Å²) < 4.78 is 66.3. The molecule has 220 valence electrons. The summed E-state index contributed by atoms with van der Waals surface area (Å²) in [5.41, 5.74) is 2.07. The second-order valence-corrected chi connectivity index (χ2v) is 14.8. The van der Waals surface area contributed by atoms with Crippen LogP contribution in [-0.2, 0) is 37.6 Å². The van der Waals surface area contributed by atoms with Crippen LogP contribution in [0.15, 0.2) is 52.3 Å². The van der Waals surface area contributed by atoms with Crippen LogP contribution in [0.25, 0.3) is 0 Å². The fourth-order valence-electron chi connectivity index (χ4n) is 5.88. The molecule has 0 aromatic heterocycles. The Bertz CT molecular complexity index is 1410. The molecule has 0 saturated carbocycles. The topological polar surface area (TPSA) is 134 Å². The minimum absolute atomic E-state index is 0.00425. The predicted molar refractivity (Wildman–Crippen MR) is 150 cm³/mol. The number of sulfonamides is 2. The highest BCUT2D eigenvalue weighted by Gasteiger charge is 2.44. The molecule has 3 aliphatic rings. The van der Waals surface area contributed by atoms with Crippen LogP contribution in [0.2, 0.25) is 0 Å². The summed E-state index contributed by atoms with van der Waals surface area (Å²) in [7, 11) is -5.78. The molecule has 2 atom stereocenters. The van der Waals surface area contributed by atoms with Gasteiger partial charge in [-0.25, -0.2) is 21.6 Å². The normalized spacial score (nSPS) is 22.2. The maximum Gasteiger partial charge on any atom is 0.243 e. The minimum Gasteiger partial charge on any atom is -0.491 e. The lowest BCUT2D eigenvalue weighted by molar-refractivity contribution is -0.0312. The van der Waals surface area contributed by atoms with Crippen molar-refractivity contribution in [3.05, 3.63) is 53.6 Å². The number of fused-ring (bicyclic) bond motifs is 1. The van der Waals surface area contributed by atoms with E-state index in [1.165, 1.54) is 24.7 Å². The zero-order valence-corrected chi connectivity index (χ0v) is 24.5. The molecule has 5 rings (SSSR count). The molecule has 0 amide bonds. The van der Waals surface area contributed by atoms with Crippen LogP contribution in [0.1, 0.15) is 43.2 Å². The SMILES string of the molecule is CNS(=O)(=O)c1cccc(OCC(O)CNC2COC3(CCN(S(=O)(=O)c4ccc5c(c4)CCCC5)CC3)C2)c1. The van der Waals surface area contributed by atoms with Gasteiger partial charge in [0, 0.05) is 31.7 Å². The number of nitrogens with one attached hydrogen (secondary N) is 2. The van der Waals surface area contributed by atoms with Crippen LogP contribution in [0.5, 0.6) is 5.75 Å². The number of piperidine rings is 1. The highest BCUT2D eigenvalue weighted by Crippen LogP contribution is 2.37. The number of ether oxygens (including phenoxy) is 2. The third-order valence-electron chi connectivity index (χ3n) is 8.27. The van der Waals surface area contributed by atoms with E-state index in [9.17, 15) is 21.9 Å². The first kappa shape index (κ1) is 29.4. The quantitative estimate of drug-likeness (QED) is 0.380. The molecule has 0 radical (unpaired) electrons. The summed E-state index contributed by atoms with van der Waals surface area (Å²) in [5, 5.41) is 13.8. The Hall–Kier alpha value is -2.06. The Balaban J connectivity index is 1.08. The number of aliphatic hydroxyl groups excluding tert-OH is 1. The number of nitrogens with zero attached hydrogens (tertiary/aromatic N) is 1. The summed E-state index contributed by atoms with van der Waals surface area (Å²) in [6.45, 7) is 1.63. The lowest BCUT2D eigenvalue weighted by Gasteiger charge is -2.38. The van der Waals surface area contributed by atoms with Crippen LogP contribution in [0.4, 0.5) is 0 Å². The summed E-state index contributed by atoms with van der Waals surface area (Å²) in [4.78, 5) is 0.484. The molecule has 0 bridgehead atoms. The molecule has 2 aromatic carbocycles.